The Labute approximate surface area is 90.7 Å². The number of aryl methyl sites for hydroxylation is 1. The molecule has 1 atom stereocenters. The summed E-state index contributed by atoms with van der Waals surface area (Å²) < 4.78 is 0. The molecule has 0 bridgehead atoms. The van der Waals surface area contributed by atoms with E-state index in [9.17, 15) is 0 Å². The van der Waals surface area contributed by atoms with E-state index in [2.05, 4.69) is 20.2 Å². The summed E-state index contributed by atoms with van der Waals surface area (Å²) in [6.07, 6.45) is 3.07. The highest BCUT2D eigenvalue weighted by atomic mass is 15.3. The third kappa shape index (κ3) is 2.45. The first-order chi connectivity index (χ1) is 7.29. The first-order valence-electron chi connectivity index (χ1n) is 5.49. The van der Waals surface area contributed by atoms with E-state index in [4.69, 9.17) is 0 Å². The van der Waals surface area contributed by atoms with Crippen LogP contribution in [0, 0.1) is 12.8 Å². The van der Waals surface area contributed by atoms with Gasteiger partial charge < -0.3 is 10.2 Å². The molecule has 0 amide bonds. The number of nitrogens with one attached hydrogen (secondary N) is 1. The third-order valence-corrected chi connectivity index (χ3v) is 2.84. The number of rotatable bonds is 3. The molecule has 4 heteroatoms. The number of nitrogens with zero attached hydrogens (tertiary/aromatic N) is 3. The normalized spacial score (nSPS) is 20.9. The van der Waals surface area contributed by atoms with Crippen LogP contribution in [0.3, 0.4) is 0 Å². The zero-order valence-electron chi connectivity index (χ0n) is 9.40. The molecule has 1 aromatic heterocycles. The molecule has 0 aliphatic carbocycles. The number of aromatic nitrogens is 2. The van der Waals surface area contributed by atoms with Crippen molar-refractivity contribution in [2.45, 2.75) is 13.3 Å². The average Bonchev–Trinajstić information content (AvgIpc) is 2.67. The minimum Gasteiger partial charge on any atom is -0.340 e. The van der Waals surface area contributed by atoms with Gasteiger partial charge in [-0.3, -0.25) is 0 Å². The lowest BCUT2D eigenvalue weighted by atomic mass is 10.1. The second kappa shape index (κ2) is 4.57. The van der Waals surface area contributed by atoms with Crippen LogP contribution in [0.1, 0.15) is 12.1 Å². The van der Waals surface area contributed by atoms with Crippen LogP contribution in [0.25, 0.3) is 0 Å². The van der Waals surface area contributed by atoms with Crippen molar-refractivity contribution in [3.63, 3.8) is 0 Å². The predicted octanol–water partition coefficient (Wildman–Crippen LogP) is 0.831. The van der Waals surface area contributed by atoms with Crippen molar-refractivity contribution in [3.8, 4) is 0 Å². The van der Waals surface area contributed by atoms with Gasteiger partial charge in [0.2, 0.25) is 5.95 Å². The Kier molecular flexibility index (Phi) is 3.16. The smallest absolute Gasteiger partial charge is 0.225 e. The molecule has 0 aromatic carbocycles. The van der Waals surface area contributed by atoms with Gasteiger partial charge in [0, 0.05) is 25.0 Å². The van der Waals surface area contributed by atoms with E-state index >= 15 is 0 Å². The number of hydrogen-bond acceptors (Lipinski definition) is 4. The lowest BCUT2D eigenvalue weighted by molar-refractivity contribution is 0.548. The second-order valence-corrected chi connectivity index (χ2v) is 4.16. The van der Waals surface area contributed by atoms with Crippen molar-refractivity contribution in [2.24, 2.45) is 5.92 Å². The van der Waals surface area contributed by atoms with Crippen LogP contribution in [-0.2, 0) is 0 Å². The van der Waals surface area contributed by atoms with Crippen LogP contribution in [-0.4, -0.2) is 36.6 Å². The Hall–Kier alpha value is -1.16. The molecule has 1 aliphatic rings. The summed E-state index contributed by atoms with van der Waals surface area (Å²) in [7, 11) is 2.01. The van der Waals surface area contributed by atoms with E-state index in [-0.39, 0.29) is 0 Å². The van der Waals surface area contributed by atoms with Gasteiger partial charge >= 0.3 is 0 Å². The van der Waals surface area contributed by atoms with E-state index in [1.807, 2.05) is 26.2 Å². The van der Waals surface area contributed by atoms with Crippen molar-refractivity contribution < 1.29 is 0 Å². The summed E-state index contributed by atoms with van der Waals surface area (Å²) >= 11 is 0. The van der Waals surface area contributed by atoms with Crippen LogP contribution >= 0.6 is 0 Å². The number of hydrogen-bond donors (Lipinski definition) is 1. The second-order valence-electron chi connectivity index (χ2n) is 4.16. The molecule has 1 aliphatic heterocycles. The lowest BCUT2D eigenvalue weighted by Gasteiger charge is -2.16. The van der Waals surface area contributed by atoms with Crippen molar-refractivity contribution in [2.75, 3.05) is 31.6 Å². The van der Waals surface area contributed by atoms with E-state index in [1.54, 1.807) is 0 Å². The summed E-state index contributed by atoms with van der Waals surface area (Å²) in [5.74, 6) is 1.62. The molecule has 1 saturated heterocycles. The summed E-state index contributed by atoms with van der Waals surface area (Å²) in [6, 6.07) is 1.94. The molecule has 1 N–H and O–H groups in total. The Morgan fingerprint density at radius 1 is 1.60 bits per heavy atom. The quantitative estimate of drug-likeness (QED) is 0.795. The zero-order chi connectivity index (χ0) is 10.7. The first-order valence-corrected chi connectivity index (χ1v) is 5.49. The molecule has 82 valence electrons. The van der Waals surface area contributed by atoms with Crippen LogP contribution in [0.4, 0.5) is 5.95 Å². The topological polar surface area (TPSA) is 41.0 Å². The van der Waals surface area contributed by atoms with Crippen molar-refractivity contribution in [1.82, 2.24) is 15.3 Å². The molecule has 2 heterocycles. The fourth-order valence-corrected chi connectivity index (χ4v) is 2.06. The molecule has 2 rings (SSSR count). The molecular weight excluding hydrogens is 188 g/mol. The van der Waals surface area contributed by atoms with Crippen molar-refractivity contribution in [3.05, 3.63) is 18.0 Å². The molecule has 0 radical (unpaired) electrons. The Balaban J connectivity index is 2.01. The van der Waals surface area contributed by atoms with Crippen molar-refractivity contribution in [1.29, 1.82) is 0 Å². The molecule has 0 unspecified atom stereocenters. The van der Waals surface area contributed by atoms with Crippen LogP contribution in [0.15, 0.2) is 12.3 Å². The first kappa shape index (κ1) is 10.4. The highest BCUT2D eigenvalue weighted by Crippen LogP contribution is 2.19. The van der Waals surface area contributed by atoms with Gasteiger partial charge in [-0.25, -0.2) is 9.97 Å². The van der Waals surface area contributed by atoms with Gasteiger partial charge in [-0.05, 0) is 38.9 Å². The molecule has 1 aromatic rings. The maximum atomic E-state index is 4.44. The standard InChI is InChI=1S/C11H18N4/c1-9-3-5-13-11(14-9)15-6-4-10(8-15)7-12-2/h3,5,10,12H,4,6-8H2,1-2H3/t10-/m1/s1. The molecule has 1 fully saturated rings. The lowest BCUT2D eigenvalue weighted by Crippen LogP contribution is -2.25. The van der Waals surface area contributed by atoms with Crippen LogP contribution < -0.4 is 10.2 Å². The van der Waals surface area contributed by atoms with Gasteiger partial charge in [-0.15, -0.1) is 0 Å². The van der Waals surface area contributed by atoms with Gasteiger partial charge in [0.25, 0.3) is 0 Å². The third-order valence-electron chi connectivity index (χ3n) is 2.84. The summed E-state index contributed by atoms with van der Waals surface area (Å²) in [5.41, 5.74) is 1.04. The van der Waals surface area contributed by atoms with Gasteiger partial charge in [0.15, 0.2) is 0 Å². The molecular formula is C11H18N4. The SMILES string of the molecule is CNC[C@H]1CCN(c2nccc(C)n2)C1. The van der Waals surface area contributed by atoms with Crippen molar-refractivity contribution >= 4 is 5.95 Å². The summed E-state index contributed by atoms with van der Waals surface area (Å²) in [5, 5.41) is 3.23. The van der Waals surface area contributed by atoms with Gasteiger partial charge in [-0.2, -0.15) is 0 Å². The van der Waals surface area contributed by atoms with Gasteiger partial charge in [0.05, 0.1) is 0 Å². The molecule has 15 heavy (non-hydrogen) atoms. The fourth-order valence-electron chi connectivity index (χ4n) is 2.06. The average molecular weight is 206 g/mol. The Bertz CT molecular complexity index is 326. The minimum atomic E-state index is 0.735. The zero-order valence-corrected chi connectivity index (χ0v) is 9.40. The van der Waals surface area contributed by atoms with E-state index in [0.717, 1.165) is 37.2 Å². The van der Waals surface area contributed by atoms with Gasteiger partial charge in [-0.1, -0.05) is 0 Å². The highest BCUT2D eigenvalue weighted by Gasteiger charge is 2.23. The van der Waals surface area contributed by atoms with Crippen LogP contribution in [0.5, 0.6) is 0 Å². The molecule has 4 nitrogen and oxygen atoms in total. The maximum absolute atomic E-state index is 4.44. The van der Waals surface area contributed by atoms with E-state index < -0.39 is 0 Å². The maximum Gasteiger partial charge on any atom is 0.225 e. The Morgan fingerprint density at radius 2 is 2.47 bits per heavy atom. The van der Waals surface area contributed by atoms with Gasteiger partial charge in [0.1, 0.15) is 0 Å². The highest BCUT2D eigenvalue weighted by molar-refractivity contribution is 5.31. The summed E-state index contributed by atoms with van der Waals surface area (Å²) in [6.45, 7) is 5.24. The fraction of sp³-hybridized carbons (Fsp3) is 0.636. The Morgan fingerprint density at radius 3 is 3.20 bits per heavy atom. The largest absolute Gasteiger partial charge is 0.340 e. The number of anilines is 1. The molecule has 0 spiro atoms. The monoisotopic (exact) mass is 206 g/mol. The molecule has 0 saturated carbocycles. The minimum absolute atomic E-state index is 0.735. The van der Waals surface area contributed by atoms with E-state index in [1.165, 1.54) is 6.42 Å². The summed E-state index contributed by atoms with van der Waals surface area (Å²) in [4.78, 5) is 11.0. The predicted molar refractivity (Wildman–Crippen MR) is 61.0 cm³/mol. The van der Waals surface area contributed by atoms with E-state index in [0.29, 0.717) is 0 Å². The van der Waals surface area contributed by atoms with Crippen LogP contribution in [0.2, 0.25) is 0 Å².